The highest BCUT2D eigenvalue weighted by Gasteiger charge is 2.01. The quantitative estimate of drug-likeness (QED) is 0.501. The molecule has 0 aliphatic carbocycles. The largest absolute Gasteiger partial charge is 0.465 e. The Morgan fingerprint density at radius 3 is 2.73 bits per heavy atom. The molecular formula is C7H14O3S. The van der Waals surface area contributed by atoms with Gasteiger partial charge in [-0.15, -0.1) is 0 Å². The van der Waals surface area contributed by atoms with Crippen LogP contribution in [0.1, 0.15) is 13.3 Å². The van der Waals surface area contributed by atoms with Gasteiger partial charge in [-0.05, 0) is 6.92 Å². The molecule has 11 heavy (non-hydrogen) atoms. The van der Waals surface area contributed by atoms with Crippen molar-refractivity contribution in [1.82, 2.24) is 0 Å². The zero-order valence-electron chi connectivity index (χ0n) is 6.87. The van der Waals surface area contributed by atoms with E-state index in [1.807, 2.05) is 6.92 Å². The number of esters is 1. The van der Waals surface area contributed by atoms with Crippen LogP contribution in [-0.2, 0) is 14.3 Å². The summed E-state index contributed by atoms with van der Waals surface area (Å²) in [5.41, 5.74) is 0. The molecule has 0 aromatic carbocycles. The van der Waals surface area contributed by atoms with Crippen molar-refractivity contribution in [2.75, 3.05) is 19.5 Å². The molecule has 0 aliphatic heterocycles. The fourth-order valence-corrected chi connectivity index (χ4v) is 0.594. The summed E-state index contributed by atoms with van der Waals surface area (Å²) in [5, 5.41) is 0. The zero-order chi connectivity index (χ0) is 8.69. The number of ether oxygens (including phenoxy) is 2. The lowest BCUT2D eigenvalue weighted by atomic mass is 10.3. The molecule has 0 fully saturated rings. The third-order valence-corrected chi connectivity index (χ3v) is 1.58. The van der Waals surface area contributed by atoms with Gasteiger partial charge in [-0.2, -0.15) is 12.6 Å². The minimum atomic E-state index is -0.281. The minimum absolute atomic E-state index is 0.140. The average Bonchev–Trinajstić information content (AvgIpc) is 2.04. The molecule has 0 rings (SSSR count). The second-order valence-electron chi connectivity index (χ2n) is 2.21. The van der Waals surface area contributed by atoms with Gasteiger partial charge in [0, 0.05) is 13.5 Å². The Kier molecular flexibility index (Phi) is 6.36. The van der Waals surface area contributed by atoms with Gasteiger partial charge in [-0.1, -0.05) is 0 Å². The molecule has 0 saturated carbocycles. The van der Waals surface area contributed by atoms with Crippen LogP contribution in [0.25, 0.3) is 0 Å². The molecule has 0 aliphatic rings. The molecule has 0 N–H and O–H groups in total. The van der Waals surface area contributed by atoms with Gasteiger partial charge in [0.1, 0.15) is 0 Å². The lowest BCUT2D eigenvalue weighted by Gasteiger charge is -2.08. The minimum Gasteiger partial charge on any atom is -0.465 e. The number of methoxy groups -OCH3 is 1. The number of rotatable bonds is 5. The third-order valence-electron chi connectivity index (χ3n) is 1.32. The summed E-state index contributed by atoms with van der Waals surface area (Å²) < 4.78 is 9.72. The zero-order valence-corrected chi connectivity index (χ0v) is 7.77. The predicted molar refractivity (Wildman–Crippen MR) is 45.9 cm³/mol. The van der Waals surface area contributed by atoms with Crippen LogP contribution < -0.4 is 0 Å². The molecule has 0 amide bonds. The van der Waals surface area contributed by atoms with Crippen molar-refractivity contribution >= 4 is 18.6 Å². The molecule has 3 nitrogen and oxygen atoms in total. The van der Waals surface area contributed by atoms with Gasteiger partial charge < -0.3 is 9.47 Å². The maximum atomic E-state index is 10.5. The maximum absolute atomic E-state index is 10.5. The first kappa shape index (κ1) is 10.8. The molecule has 0 spiro atoms. The van der Waals surface area contributed by atoms with Crippen LogP contribution in [0.3, 0.4) is 0 Å². The van der Waals surface area contributed by atoms with E-state index in [1.54, 1.807) is 7.11 Å². The van der Waals surface area contributed by atoms with Crippen LogP contribution in [0.5, 0.6) is 0 Å². The van der Waals surface area contributed by atoms with Gasteiger partial charge >= 0.3 is 5.97 Å². The van der Waals surface area contributed by atoms with Crippen LogP contribution in [0, 0.1) is 0 Å². The monoisotopic (exact) mass is 178 g/mol. The topological polar surface area (TPSA) is 35.5 Å². The first-order valence-electron chi connectivity index (χ1n) is 3.50. The van der Waals surface area contributed by atoms with Crippen molar-refractivity contribution < 1.29 is 14.3 Å². The Morgan fingerprint density at radius 1 is 1.64 bits per heavy atom. The summed E-state index contributed by atoms with van der Waals surface area (Å²) in [6.45, 7) is 2.34. The molecule has 1 unspecified atom stereocenters. The van der Waals surface area contributed by atoms with E-state index in [2.05, 4.69) is 12.6 Å². The molecule has 0 bridgehead atoms. The van der Waals surface area contributed by atoms with Crippen molar-refractivity contribution in [2.24, 2.45) is 0 Å². The number of carbonyl (C=O) groups is 1. The lowest BCUT2D eigenvalue weighted by molar-refractivity contribution is -0.141. The Labute approximate surface area is 72.5 Å². The van der Waals surface area contributed by atoms with Crippen molar-refractivity contribution in [3.63, 3.8) is 0 Å². The van der Waals surface area contributed by atoms with Crippen molar-refractivity contribution in [3.8, 4) is 0 Å². The van der Waals surface area contributed by atoms with Crippen molar-refractivity contribution in [2.45, 2.75) is 19.4 Å². The highest BCUT2D eigenvalue weighted by atomic mass is 32.1. The fourth-order valence-electron chi connectivity index (χ4n) is 0.502. The molecule has 0 aromatic rings. The summed E-state index contributed by atoms with van der Waals surface area (Å²) in [6.07, 6.45) is 0.874. The molecule has 0 saturated heterocycles. The van der Waals surface area contributed by atoms with Crippen LogP contribution >= 0.6 is 12.6 Å². The lowest BCUT2D eigenvalue weighted by Crippen LogP contribution is -2.13. The van der Waals surface area contributed by atoms with Gasteiger partial charge in [0.15, 0.2) is 0 Å². The van der Waals surface area contributed by atoms with E-state index in [9.17, 15) is 4.79 Å². The Morgan fingerprint density at radius 2 is 2.27 bits per heavy atom. The van der Waals surface area contributed by atoms with Gasteiger partial charge in [0.2, 0.25) is 0 Å². The SMILES string of the molecule is COC(C)CCOC(=O)CS. The molecule has 0 aromatic heterocycles. The summed E-state index contributed by atoms with van der Waals surface area (Å²) in [4.78, 5) is 10.5. The van der Waals surface area contributed by atoms with Crippen LogP contribution in [-0.4, -0.2) is 31.5 Å². The summed E-state index contributed by atoms with van der Waals surface area (Å²) in [5.74, 6) is -0.141. The first-order chi connectivity index (χ1) is 5.20. The maximum Gasteiger partial charge on any atom is 0.315 e. The van der Waals surface area contributed by atoms with E-state index >= 15 is 0 Å². The van der Waals surface area contributed by atoms with Crippen LogP contribution in [0.15, 0.2) is 0 Å². The standard InChI is InChI=1S/C7H14O3S/c1-6(9-2)3-4-10-7(8)5-11/h6,11H,3-5H2,1-2H3. The van der Waals surface area contributed by atoms with Gasteiger partial charge in [-0.25, -0.2) is 0 Å². The fraction of sp³-hybridized carbons (Fsp3) is 0.857. The molecule has 66 valence electrons. The Bertz CT molecular complexity index is 116. The van der Waals surface area contributed by atoms with Gasteiger partial charge in [-0.3, -0.25) is 4.79 Å². The smallest absolute Gasteiger partial charge is 0.315 e. The molecular weight excluding hydrogens is 164 g/mol. The predicted octanol–water partition coefficient (Wildman–Crippen LogP) is 0.884. The highest BCUT2D eigenvalue weighted by molar-refractivity contribution is 7.81. The molecule has 4 heteroatoms. The molecule has 1 atom stereocenters. The van der Waals surface area contributed by atoms with E-state index in [0.29, 0.717) is 6.61 Å². The van der Waals surface area contributed by atoms with E-state index in [4.69, 9.17) is 9.47 Å². The highest BCUT2D eigenvalue weighted by Crippen LogP contribution is 1.95. The third kappa shape index (κ3) is 6.19. The Balaban J connectivity index is 3.20. The number of thiol groups is 1. The second-order valence-corrected chi connectivity index (χ2v) is 2.53. The van der Waals surface area contributed by atoms with Crippen molar-refractivity contribution in [3.05, 3.63) is 0 Å². The average molecular weight is 178 g/mol. The van der Waals surface area contributed by atoms with Gasteiger partial charge in [0.25, 0.3) is 0 Å². The van der Waals surface area contributed by atoms with E-state index in [0.717, 1.165) is 6.42 Å². The van der Waals surface area contributed by atoms with E-state index < -0.39 is 0 Å². The normalized spacial score (nSPS) is 12.6. The summed E-state index contributed by atoms with van der Waals surface area (Å²) in [7, 11) is 1.63. The first-order valence-corrected chi connectivity index (χ1v) is 4.13. The van der Waals surface area contributed by atoms with Crippen molar-refractivity contribution in [1.29, 1.82) is 0 Å². The summed E-state index contributed by atoms with van der Waals surface area (Å²) >= 11 is 3.76. The van der Waals surface area contributed by atoms with Crippen LogP contribution in [0.4, 0.5) is 0 Å². The molecule has 0 radical (unpaired) electrons. The number of carbonyl (C=O) groups excluding carboxylic acids is 1. The molecule has 0 heterocycles. The number of hydrogen-bond donors (Lipinski definition) is 1. The van der Waals surface area contributed by atoms with Gasteiger partial charge in [0.05, 0.1) is 18.5 Å². The van der Waals surface area contributed by atoms with Crippen LogP contribution in [0.2, 0.25) is 0 Å². The number of hydrogen-bond acceptors (Lipinski definition) is 4. The van der Waals surface area contributed by atoms with E-state index in [-0.39, 0.29) is 17.8 Å². The second kappa shape index (κ2) is 6.49. The van der Waals surface area contributed by atoms with E-state index in [1.165, 1.54) is 0 Å². The Hall–Kier alpha value is -0.220. The summed E-state index contributed by atoms with van der Waals surface area (Å²) in [6, 6.07) is 0.